The molecule has 0 amide bonds. The van der Waals surface area contributed by atoms with Crippen molar-refractivity contribution >= 4 is 0 Å². The Kier molecular flexibility index (Phi) is 3.14. The van der Waals surface area contributed by atoms with Gasteiger partial charge in [-0.15, -0.1) is 0 Å². The van der Waals surface area contributed by atoms with Crippen molar-refractivity contribution in [3.8, 4) is 0 Å². The Labute approximate surface area is 134 Å². The monoisotopic (exact) mass is 308 g/mol. The minimum Gasteiger partial charge on any atom is -0.393 e. The summed E-state index contributed by atoms with van der Waals surface area (Å²) in [6.45, 7) is 6.80. The zero-order valence-corrected chi connectivity index (χ0v) is 14.3. The molecule has 2 bridgehead atoms. The molecule has 4 aliphatic rings. The van der Waals surface area contributed by atoms with E-state index in [2.05, 4.69) is 20.8 Å². The zero-order valence-electron chi connectivity index (χ0n) is 14.3. The molecule has 0 aromatic rings. The van der Waals surface area contributed by atoms with E-state index in [0.29, 0.717) is 11.8 Å². The smallest absolute Gasteiger partial charge is 0.0584 e. The van der Waals surface area contributed by atoms with Crippen molar-refractivity contribution in [3.63, 3.8) is 0 Å². The average molecular weight is 308 g/mol. The third kappa shape index (κ3) is 1.85. The highest BCUT2D eigenvalue weighted by atomic mass is 16.3. The molecule has 0 aliphatic heterocycles. The van der Waals surface area contributed by atoms with Crippen LogP contribution in [0.2, 0.25) is 0 Å². The highest BCUT2D eigenvalue weighted by molar-refractivity contribution is 5.16. The van der Waals surface area contributed by atoms with E-state index in [-0.39, 0.29) is 40.5 Å². The van der Waals surface area contributed by atoms with Gasteiger partial charge in [-0.05, 0) is 78.9 Å². The van der Waals surface area contributed by atoms with Crippen LogP contribution < -0.4 is 0 Å². The lowest BCUT2D eigenvalue weighted by molar-refractivity contribution is -0.215. The van der Waals surface area contributed by atoms with Gasteiger partial charge in [0.1, 0.15) is 0 Å². The van der Waals surface area contributed by atoms with Crippen molar-refractivity contribution in [2.45, 2.75) is 84.0 Å². The zero-order chi connectivity index (χ0) is 15.9. The van der Waals surface area contributed by atoms with E-state index in [1.54, 1.807) is 0 Å². The number of hydrogen-bond acceptors (Lipinski definition) is 3. The first-order valence-electron chi connectivity index (χ1n) is 9.22. The molecule has 4 rings (SSSR count). The maximum atomic E-state index is 11.1. The van der Waals surface area contributed by atoms with E-state index in [9.17, 15) is 15.3 Å². The Balaban J connectivity index is 1.78. The minimum absolute atomic E-state index is 0.00780. The van der Waals surface area contributed by atoms with Crippen LogP contribution >= 0.6 is 0 Å². The molecule has 3 nitrogen and oxygen atoms in total. The Morgan fingerprint density at radius 1 is 0.773 bits per heavy atom. The number of fused-ring (bicyclic) bond motifs is 3. The Morgan fingerprint density at radius 3 is 2.18 bits per heavy atom. The summed E-state index contributed by atoms with van der Waals surface area (Å²) < 4.78 is 0. The Hall–Kier alpha value is -0.120. The topological polar surface area (TPSA) is 60.7 Å². The number of aliphatic hydroxyl groups is 3. The van der Waals surface area contributed by atoms with Crippen LogP contribution in [0, 0.1) is 34.0 Å². The van der Waals surface area contributed by atoms with E-state index >= 15 is 0 Å². The molecule has 4 aliphatic carbocycles. The van der Waals surface area contributed by atoms with Crippen LogP contribution in [0.3, 0.4) is 0 Å². The summed E-state index contributed by atoms with van der Waals surface area (Å²) in [6, 6.07) is 0. The third-order valence-electron chi connectivity index (χ3n) is 8.18. The second kappa shape index (κ2) is 4.49. The highest BCUT2D eigenvalue weighted by Crippen LogP contribution is 2.71. The van der Waals surface area contributed by atoms with Crippen LogP contribution in [-0.2, 0) is 0 Å². The molecule has 22 heavy (non-hydrogen) atoms. The van der Waals surface area contributed by atoms with Gasteiger partial charge in [0.2, 0.25) is 0 Å². The summed E-state index contributed by atoms with van der Waals surface area (Å²) in [5.74, 6) is 1.27. The van der Waals surface area contributed by atoms with Crippen molar-refractivity contribution in [2.75, 3.05) is 0 Å². The summed E-state index contributed by atoms with van der Waals surface area (Å²) in [5.41, 5.74) is 0.121. The van der Waals surface area contributed by atoms with Gasteiger partial charge in [-0.1, -0.05) is 20.8 Å². The molecule has 4 fully saturated rings. The molecule has 3 heteroatoms. The van der Waals surface area contributed by atoms with Gasteiger partial charge in [0, 0.05) is 0 Å². The number of hydrogen-bond donors (Lipinski definition) is 3. The summed E-state index contributed by atoms with van der Waals surface area (Å²) in [7, 11) is 0. The van der Waals surface area contributed by atoms with Gasteiger partial charge in [-0.2, -0.15) is 0 Å². The van der Waals surface area contributed by atoms with Crippen molar-refractivity contribution < 1.29 is 15.3 Å². The van der Waals surface area contributed by atoms with E-state index < -0.39 is 0 Å². The van der Waals surface area contributed by atoms with Crippen molar-refractivity contribution in [1.82, 2.24) is 0 Å². The lowest BCUT2D eigenvalue weighted by atomic mass is 9.40. The van der Waals surface area contributed by atoms with Gasteiger partial charge >= 0.3 is 0 Å². The van der Waals surface area contributed by atoms with Crippen LogP contribution in [0.4, 0.5) is 0 Å². The van der Waals surface area contributed by atoms with Gasteiger partial charge in [0.25, 0.3) is 0 Å². The Morgan fingerprint density at radius 2 is 1.45 bits per heavy atom. The first-order valence-corrected chi connectivity index (χ1v) is 9.22. The van der Waals surface area contributed by atoms with E-state index in [1.807, 2.05) is 0 Å². The van der Waals surface area contributed by atoms with Crippen LogP contribution in [0.25, 0.3) is 0 Å². The molecule has 1 spiro atoms. The van der Waals surface area contributed by atoms with Crippen molar-refractivity contribution in [1.29, 1.82) is 0 Å². The van der Waals surface area contributed by atoms with Gasteiger partial charge in [0.15, 0.2) is 0 Å². The Bertz CT molecular complexity index is 471. The lowest BCUT2D eigenvalue weighted by Gasteiger charge is -2.66. The first kappa shape index (κ1) is 15.4. The molecular weight excluding hydrogens is 276 g/mol. The molecule has 0 heterocycles. The number of rotatable bonds is 0. The molecule has 0 saturated heterocycles. The van der Waals surface area contributed by atoms with Gasteiger partial charge in [-0.3, -0.25) is 0 Å². The maximum absolute atomic E-state index is 11.1. The summed E-state index contributed by atoms with van der Waals surface area (Å²) >= 11 is 0. The quantitative estimate of drug-likeness (QED) is 0.645. The highest BCUT2D eigenvalue weighted by Gasteiger charge is 2.67. The predicted molar refractivity (Wildman–Crippen MR) is 85.1 cm³/mol. The predicted octanol–water partition coefficient (Wildman–Crippen LogP) is 2.72. The second-order valence-electron chi connectivity index (χ2n) is 10.0. The molecule has 8 unspecified atom stereocenters. The minimum atomic E-state index is -0.284. The van der Waals surface area contributed by atoms with Gasteiger partial charge < -0.3 is 15.3 Å². The van der Waals surface area contributed by atoms with Crippen LogP contribution in [0.5, 0.6) is 0 Å². The van der Waals surface area contributed by atoms with Gasteiger partial charge in [0.05, 0.1) is 18.3 Å². The first-order chi connectivity index (χ1) is 10.2. The average Bonchev–Trinajstić information content (AvgIpc) is 2.55. The largest absolute Gasteiger partial charge is 0.393 e. The molecule has 0 radical (unpaired) electrons. The normalized spacial score (nSPS) is 59.7. The van der Waals surface area contributed by atoms with Crippen molar-refractivity contribution in [3.05, 3.63) is 0 Å². The van der Waals surface area contributed by atoms with Crippen molar-refractivity contribution in [2.24, 2.45) is 34.0 Å². The van der Waals surface area contributed by atoms with Crippen LogP contribution in [0.1, 0.15) is 65.7 Å². The number of aliphatic hydroxyl groups excluding tert-OH is 3. The van der Waals surface area contributed by atoms with Gasteiger partial charge in [-0.25, -0.2) is 0 Å². The van der Waals surface area contributed by atoms with E-state index in [4.69, 9.17) is 0 Å². The summed E-state index contributed by atoms with van der Waals surface area (Å²) in [6.07, 6.45) is 6.06. The molecular formula is C19H32O3. The van der Waals surface area contributed by atoms with E-state index in [1.165, 1.54) is 6.42 Å². The molecule has 0 aromatic carbocycles. The molecule has 126 valence electrons. The molecule has 0 aromatic heterocycles. The fourth-order valence-electron chi connectivity index (χ4n) is 8.12. The molecule has 8 atom stereocenters. The molecule has 3 N–H and O–H groups in total. The fourth-order valence-corrected chi connectivity index (χ4v) is 8.12. The lowest BCUT2D eigenvalue weighted by Crippen LogP contribution is -2.63. The summed E-state index contributed by atoms with van der Waals surface area (Å²) in [4.78, 5) is 0. The van der Waals surface area contributed by atoms with Crippen LogP contribution in [0.15, 0.2) is 0 Å². The van der Waals surface area contributed by atoms with E-state index in [0.717, 1.165) is 38.5 Å². The SMILES string of the molecule is CC1(C)CC(O)CC2(C)C1C(O)CC13CC(O)C(CCC12)C3. The standard InChI is InChI=1S/C19H32O3/c1-17(2)7-12(20)8-18(3)15-5-4-11-6-19(15,9-13(11)21)10-14(22)16(17)18/h11-16,20-22H,4-10H2,1-3H3. The molecule has 4 saturated carbocycles. The third-order valence-corrected chi connectivity index (χ3v) is 8.18. The van der Waals surface area contributed by atoms with Crippen LogP contribution in [-0.4, -0.2) is 33.6 Å². The second-order valence-corrected chi connectivity index (χ2v) is 10.0. The fraction of sp³-hybridized carbons (Fsp3) is 1.00. The maximum Gasteiger partial charge on any atom is 0.0584 e. The summed E-state index contributed by atoms with van der Waals surface area (Å²) in [5, 5.41) is 32.0.